The fourth-order valence-corrected chi connectivity index (χ4v) is 3.49. The van der Waals surface area contributed by atoms with Gasteiger partial charge in [-0.25, -0.2) is 4.39 Å². The number of hydrogen-bond acceptors (Lipinski definition) is 5. The number of ether oxygens (including phenoxy) is 1. The summed E-state index contributed by atoms with van der Waals surface area (Å²) in [6.45, 7) is 1.69. The fraction of sp³-hybridized carbons (Fsp3) is 0.167. The van der Waals surface area contributed by atoms with Crippen LogP contribution in [-0.4, -0.2) is 33.1 Å². The van der Waals surface area contributed by atoms with Gasteiger partial charge in [-0.2, -0.15) is 0 Å². The molecule has 0 amide bonds. The summed E-state index contributed by atoms with van der Waals surface area (Å²) in [6.07, 6.45) is 0. The number of para-hydroxylation sites is 1. The molecule has 0 bridgehead atoms. The van der Waals surface area contributed by atoms with E-state index in [-0.39, 0.29) is 5.69 Å². The van der Waals surface area contributed by atoms with Crippen LogP contribution in [0.15, 0.2) is 53.7 Å². The number of thioether (sulfide) groups is 1. The molecule has 1 atom stereocenters. The molecule has 0 aliphatic heterocycles. The highest BCUT2D eigenvalue weighted by molar-refractivity contribution is 8.00. The highest BCUT2D eigenvalue weighted by Gasteiger charge is 2.24. The first-order valence-corrected chi connectivity index (χ1v) is 8.98. The van der Waals surface area contributed by atoms with Gasteiger partial charge in [0.1, 0.15) is 11.1 Å². The Labute approximate surface area is 159 Å². The molecule has 0 fully saturated rings. The molecule has 3 aromatic rings. The van der Waals surface area contributed by atoms with Gasteiger partial charge >= 0.3 is 5.97 Å². The summed E-state index contributed by atoms with van der Waals surface area (Å²) in [6, 6.07) is 13.4. The molecule has 0 spiro atoms. The van der Waals surface area contributed by atoms with Crippen LogP contribution in [-0.2, 0) is 9.53 Å². The third-order valence-electron chi connectivity index (χ3n) is 3.66. The van der Waals surface area contributed by atoms with Gasteiger partial charge in [0.25, 0.3) is 0 Å². The number of rotatable bonds is 5. The summed E-state index contributed by atoms with van der Waals surface area (Å²) in [5.74, 6) is -0.453. The second kappa shape index (κ2) is 7.88. The number of methoxy groups -OCH3 is 1. The third kappa shape index (κ3) is 3.59. The van der Waals surface area contributed by atoms with Gasteiger partial charge in [-0.3, -0.25) is 9.36 Å². The number of benzene rings is 2. The molecule has 2 aromatic carbocycles. The Morgan fingerprint density at radius 2 is 1.88 bits per heavy atom. The van der Waals surface area contributed by atoms with E-state index in [4.69, 9.17) is 16.3 Å². The summed E-state index contributed by atoms with van der Waals surface area (Å²) < 4.78 is 20.8. The summed E-state index contributed by atoms with van der Waals surface area (Å²) in [5.41, 5.74) is 0.884. The van der Waals surface area contributed by atoms with E-state index in [9.17, 15) is 9.18 Å². The van der Waals surface area contributed by atoms with Crippen molar-refractivity contribution in [3.05, 3.63) is 59.4 Å². The molecule has 0 N–H and O–H groups in total. The van der Waals surface area contributed by atoms with Gasteiger partial charge in [-0.15, -0.1) is 10.2 Å². The minimum Gasteiger partial charge on any atom is -0.468 e. The first-order chi connectivity index (χ1) is 12.5. The second-order valence-corrected chi connectivity index (χ2v) is 7.07. The van der Waals surface area contributed by atoms with E-state index in [1.54, 1.807) is 47.9 Å². The van der Waals surface area contributed by atoms with Crippen molar-refractivity contribution in [2.45, 2.75) is 17.3 Å². The zero-order valence-corrected chi connectivity index (χ0v) is 15.6. The summed E-state index contributed by atoms with van der Waals surface area (Å²) in [5, 5.41) is 8.64. The highest BCUT2D eigenvalue weighted by atomic mass is 35.5. The molecule has 1 heterocycles. The molecule has 0 radical (unpaired) electrons. The smallest absolute Gasteiger partial charge is 0.318 e. The Bertz CT molecular complexity index is 948. The molecule has 0 saturated heterocycles. The van der Waals surface area contributed by atoms with Gasteiger partial charge in [0.15, 0.2) is 11.0 Å². The number of hydrogen-bond donors (Lipinski definition) is 0. The number of aromatic nitrogens is 3. The average Bonchev–Trinajstić information content (AvgIpc) is 3.04. The molecule has 3 rings (SSSR count). The molecule has 8 heteroatoms. The molecule has 26 heavy (non-hydrogen) atoms. The zero-order chi connectivity index (χ0) is 18.7. The summed E-state index contributed by atoms with van der Waals surface area (Å²) >= 11 is 7.42. The molecule has 0 aliphatic carbocycles. The molecule has 134 valence electrons. The van der Waals surface area contributed by atoms with E-state index in [0.29, 0.717) is 21.6 Å². The minimum atomic E-state index is -0.534. The van der Waals surface area contributed by atoms with Crippen LogP contribution in [0.5, 0.6) is 0 Å². The molecule has 1 aromatic heterocycles. The van der Waals surface area contributed by atoms with E-state index < -0.39 is 17.0 Å². The number of carbonyl (C=O) groups is 1. The van der Waals surface area contributed by atoms with Gasteiger partial charge in [0.05, 0.1) is 17.8 Å². The van der Waals surface area contributed by atoms with Gasteiger partial charge in [0, 0.05) is 5.56 Å². The Balaban J connectivity index is 2.17. The van der Waals surface area contributed by atoms with Gasteiger partial charge in [-0.05, 0) is 31.2 Å². The predicted octanol–water partition coefficient (Wildman–Crippen LogP) is 4.38. The van der Waals surface area contributed by atoms with Crippen molar-refractivity contribution in [2.75, 3.05) is 7.11 Å². The standard InChI is InChI=1S/C18H15ClFN3O2S/c1-11(17(24)25-2)26-18-22-21-16(12-7-3-4-8-13(12)19)23(18)15-10-6-5-9-14(15)20/h3-11H,1-2H3. The molecule has 0 saturated carbocycles. The lowest BCUT2D eigenvalue weighted by atomic mass is 10.2. The normalized spacial score (nSPS) is 12.0. The summed E-state index contributed by atoms with van der Waals surface area (Å²) in [7, 11) is 1.32. The Morgan fingerprint density at radius 3 is 2.58 bits per heavy atom. The molecular weight excluding hydrogens is 377 g/mol. The van der Waals surface area contributed by atoms with E-state index in [1.165, 1.54) is 13.2 Å². The van der Waals surface area contributed by atoms with Crippen LogP contribution >= 0.6 is 23.4 Å². The monoisotopic (exact) mass is 391 g/mol. The van der Waals surface area contributed by atoms with Crippen molar-refractivity contribution in [1.29, 1.82) is 0 Å². The van der Waals surface area contributed by atoms with Crippen molar-refractivity contribution in [3.8, 4) is 17.1 Å². The second-order valence-electron chi connectivity index (χ2n) is 5.36. The Morgan fingerprint density at radius 1 is 1.19 bits per heavy atom. The van der Waals surface area contributed by atoms with Crippen LogP contribution < -0.4 is 0 Å². The number of halogens is 2. The molecular formula is C18H15ClFN3O2S. The number of esters is 1. The van der Waals surface area contributed by atoms with Crippen LogP contribution in [0.1, 0.15) is 6.92 Å². The lowest BCUT2D eigenvalue weighted by Crippen LogP contribution is -2.15. The highest BCUT2D eigenvalue weighted by Crippen LogP contribution is 2.34. The first-order valence-electron chi connectivity index (χ1n) is 7.72. The van der Waals surface area contributed by atoms with E-state index in [0.717, 1.165) is 11.8 Å². The van der Waals surface area contributed by atoms with Crippen molar-refractivity contribution >= 4 is 29.3 Å². The third-order valence-corrected chi connectivity index (χ3v) is 5.01. The maximum Gasteiger partial charge on any atom is 0.318 e. The van der Waals surface area contributed by atoms with E-state index in [1.807, 2.05) is 6.07 Å². The Hall–Kier alpha value is -2.38. The van der Waals surface area contributed by atoms with Crippen LogP contribution in [0.2, 0.25) is 5.02 Å². The number of nitrogens with zero attached hydrogens (tertiary/aromatic N) is 3. The van der Waals surface area contributed by atoms with Crippen LogP contribution in [0.3, 0.4) is 0 Å². The fourth-order valence-electron chi connectivity index (χ4n) is 2.39. The lowest BCUT2D eigenvalue weighted by Gasteiger charge is -2.13. The minimum absolute atomic E-state index is 0.270. The lowest BCUT2D eigenvalue weighted by molar-refractivity contribution is -0.139. The van der Waals surface area contributed by atoms with Crippen molar-refractivity contribution in [1.82, 2.24) is 14.8 Å². The molecule has 1 unspecified atom stereocenters. The quantitative estimate of drug-likeness (QED) is 0.477. The van der Waals surface area contributed by atoms with E-state index >= 15 is 0 Å². The molecule has 5 nitrogen and oxygen atoms in total. The number of carbonyl (C=O) groups excluding carboxylic acids is 1. The maximum atomic E-state index is 14.5. The van der Waals surface area contributed by atoms with Gasteiger partial charge < -0.3 is 4.74 Å². The van der Waals surface area contributed by atoms with Gasteiger partial charge in [0.2, 0.25) is 0 Å². The molecule has 0 aliphatic rings. The van der Waals surface area contributed by atoms with Crippen molar-refractivity contribution in [3.63, 3.8) is 0 Å². The topological polar surface area (TPSA) is 57.0 Å². The van der Waals surface area contributed by atoms with Gasteiger partial charge in [-0.1, -0.05) is 47.6 Å². The zero-order valence-electron chi connectivity index (χ0n) is 14.0. The maximum absolute atomic E-state index is 14.5. The van der Waals surface area contributed by atoms with Crippen molar-refractivity contribution in [2.24, 2.45) is 0 Å². The Kier molecular flexibility index (Phi) is 5.58. The predicted molar refractivity (Wildman–Crippen MR) is 99.1 cm³/mol. The van der Waals surface area contributed by atoms with E-state index in [2.05, 4.69) is 10.2 Å². The SMILES string of the molecule is COC(=O)C(C)Sc1nnc(-c2ccccc2Cl)n1-c1ccccc1F. The van der Waals surface area contributed by atoms with Crippen LogP contribution in [0.4, 0.5) is 4.39 Å². The summed E-state index contributed by atoms with van der Waals surface area (Å²) in [4.78, 5) is 11.8. The van der Waals surface area contributed by atoms with Crippen LogP contribution in [0, 0.1) is 5.82 Å². The van der Waals surface area contributed by atoms with Crippen LogP contribution in [0.25, 0.3) is 17.1 Å². The van der Waals surface area contributed by atoms with Crippen molar-refractivity contribution < 1.29 is 13.9 Å². The first kappa shape index (κ1) is 18.4. The average molecular weight is 392 g/mol. The largest absolute Gasteiger partial charge is 0.468 e.